The maximum absolute atomic E-state index is 12.6. The van der Waals surface area contributed by atoms with Crippen LogP contribution in [-0.2, 0) is 12.8 Å². The van der Waals surface area contributed by atoms with Crippen molar-refractivity contribution < 1.29 is 14.1 Å². The fraction of sp³-hybridized carbons (Fsp3) is 0.125. The van der Waals surface area contributed by atoms with Gasteiger partial charge in [-0.2, -0.15) is 0 Å². The first-order valence-corrected chi connectivity index (χ1v) is 10.2. The van der Waals surface area contributed by atoms with Gasteiger partial charge in [0.25, 0.3) is 5.91 Å². The van der Waals surface area contributed by atoms with Crippen molar-refractivity contribution in [1.29, 1.82) is 0 Å². The first-order valence-electron chi connectivity index (χ1n) is 9.82. The summed E-state index contributed by atoms with van der Waals surface area (Å²) in [6.07, 6.45) is 1.85. The fourth-order valence-electron chi connectivity index (χ4n) is 3.83. The normalized spacial score (nSPS) is 12.1. The first-order chi connectivity index (χ1) is 15.1. The number of carbonyl (C=O) groups is 1. The molecule has 6 nitrogen and oxygen atoms in total. The van der Waals surface area contributed by atoms with Gasteiger partial charge in [-0.3, -0.25) is 4.79 Å². The number of carbonyl (C=O) groups excluding carboxylic acids is 1. The largest absolute Gasteiger partial charge is 0.481 e. The molecule has 0 fully saturated rings. The number of ether oxygens (including phenoxy) is 1. The summed E-state index contributed by atoms with van der Waals surface area (Å²) in [6.45, 7) is 0. The zero-order valence-corrected chi connectivity index (χ0v) is 17.4. The van der Waals surface area contributed by atoms with Gasteiger partial charge in [-0.15, -0.1) is 0 Å². The number of anilines is 1. The number of benzene rings is 2. The van der Waals surface area contributed by atoms with E-state index in [4.69, 9.17) is 20.9 Å². The molecule has 2 aromatic carbocycles. The number of nitrogens with one attached hydrogen (secondary N) is 1. The lowest BCUT2D eigenvalue weighted by Gasteiger charge is -2.14. The average Bonchev–Trinajstić information content (AvgIpc) is 3.24. The number of aryl methyl sites for hydroxylation is 1. The summed E-state index contributed by atoms with van der Waals surface area (Å²) in [7, 11) is 1.47. The van der Waals surface area contributed by atoms with Gasteiger partial charge >= 0.3 is 0 Å². The van der Waals surface area contributed by atoms with Crippen LogP contribution in [0.2, 0.25) is 5.15 Å². The van der Waals surface area contributed by atoms with Crippen LogP contribution in [0.5, 0.6) is 5.88 Å². The van der Waals surface area contributed by atoms with Crippen LogP contribution in [0.1, 0.15) is 21.5 Å². The molecule has 0 atom stereocenters. The molecule has 154 valence electrons. The predicted molar refractivity (Wildman–Crippen MR) is 119 cm³/mol. The molecule has 2 aromatic heterocycles. The number of amides is 1. The zero-order valence-electron chi connectivity index (χ0n) is 16.7. The molecule has 1 amide bonds. The third kappa shape index (κ3) is 3.66. The van der Waals surface area contributed by atoms with Gasteiger partial charge in [0, 0.05) is 34.0 Å². The van der Waals surface area contributed by atoms with Gasteiger partial charge in [-0.1, -0.05) is 41.0 Å². The van der Waals surface area contributed by atoms with Crippen molar-refractivity contribution in [2.24, 2.45) is 0 Å². The maximum atomic E-state index is 12.6. The summed E-state index contributed by atoms with van der Waals surface area (Å²) >= 11 is 5.96. The van der Waals surface area contributed by atoms with E-state index >= 15 is 0 Å². The molecule has 0 bridgehead atoms. The molecule has 2 heterocycles. The highest BCUT2D eigenvalue weighted by atomic mass is 35.5. The first kappa shape index (κ1) is 19.3. The SMILES string of the molecule is COc1cc(C(=O)Nc2ccc(-c3onc4c3CCc3ccccc3-4)cc2)cc(Cl)n1. The van der Waals surface area contributed by atoms with Gasteiger partial charge in [0.1, 0.15) is 10.8 Å². The highest BCUT2D eigenvalue weighted by Crippen LogP contribution is 2.38. The van der Waals surface area contributed by atoms with E-state index in [1.807, 2.05) is 36.4 Å². The van der Waals surface area contributed by atoms with Crippen LogP contribution >= 0.6 is 11.6 Å². The third-order valence-electron chi connectivity index (χ3n) is 5.35. The number of nitrogens with zero attached hydrogens (tertiary/aromatic N) is 2. The van der Waals surface area contributed by atoms with Crippen LogP contribution in [0, 0.1) is 0 Å². The number of rotatable bonds is 4. The predicted octanol–water partition coefficient (Wildman–Crippen LogP) is 5.42. The van der Waals surface area contributed by atoms with Crippen LogP contribution in [0.25, 0.3) is 22.6 Å². The summed E-state index contributed by atoms with van der Waals surface area (Å²) in [5, 5.41) is 7.38. The molecule has 1 aliphatic rings. The van der Waals surface area contributed by atoms with Gasteiger partial charge in [-0.05, 0) is 48.7 Å². The molecular weight excluding hydrogens is 414 g/mol. The number of pyridine rings is 1. The topological polar surface area (TPSA) is 77.2 Å². The van der Waals surface area contributed by atoms with E-state index in [9.17, 15) is 4.79 Å². The van der Waals surface area contributed by atoms with Gasteiger partial charge in [-0.25, -0.2) is 4.98 Å². The van der Waals surface area contributed by atoms with Gasteiger partial charge in [0.2, 0.25) is 5.88 Å². The Bertz CT molecular complexity index is 1280. The van der Waals surface area contributed by atoms with E-state index in [2.05, 4.69) is 27.6 Å². The lowest BCUT2D eigenvalue weighted by atomic mass is 9.88. The Balaban J connectivity index is 1.38. The molecule has 0 aliphatic heterocycles. The van der Waals surface area contributed by atoms with E-state index in [0.29, 0.717) is 11.3 Å². The number of methoxy groups -OCH3 is 1. The maximum Gasteiger partial charge on any atom is 0.255 e. The molecule has 0 radical (unpaired) electrons. The minimum atomic E-state index is -0.302. The summed E-state index contributed by atoms with van der Waals surface area (Å²) in [5.74, 6) is 0.752. The lowest BCUT2D eigenvalue weighted by molar-refractivity contribution is 0.102. The quantitative estimate of drug-likeness (QED) is 0.437. The molecule has 0 saturated heterocycles. The molecule has 4 aromatic rings. The second kappa shape index (κ2) is 7.89. The molecule has 1 N–H and O–H groups in total. The minimum absolute atomic E-state index is 0.191. The zero-order chi connectivity index (χ0) is 21.4. The number of aromatic nitrogens is 2. The van der Waals surface area contributed by atoms with Gasteiger partial charge < -0.3 is 14.6 Å². The Morgan fingerprint density at radius 3 is 2.71 bits per heavy atom. The highest BCUT2D eigenvalue weighted by molar-refractivity contribution is 6.30. The molecular formula is C24H18ClN3O3. The van der Waals surface area contributed by atoms with E-state index in [-0.39, 0.29) is 16.9 Å². The summed E-state index contributed by atoms with van der Waals surface area (Å²) < 4.78 is 10.8. The number of fused-ring (bicyclic) bond motifs is 3. The Hall–Kier alpha value is -3.64. The molecule has 0 saturated carbocycles. The summed E-state index contributed by atoms with van der Waals surface area (Å²) in [4.78, 5) is 16.6. The summed E-state index contributed by atoms with van der Waals surface area (Å²) in [5.41, 5.74) is 6.39. The van der Waals surface area contributed by atoms with E-state index in [0.717, 1.165) is 41.0 Å². The van der Waals surface area contributed by atoms with Crippen LogP contribution in [0.4, 0.5) is 5.69 Å². The van der Waals surface area contributed by atoms with Crippen molar-refractivity contribution in [3.05, 3.63) is 82.5 Å². The molecule has 0 unspecified atom stereocenters. The van der Waals surface area contributed by atoms with E-state index < -0.39 is 0 Å². The molecule has 5 rings (SSSR count). The van der Waals surface area contributed by atoms with Crippen molar-refractivity contribution >= 4 is 23.2 Å². The van der Waals surface area contributed by atoms with Crippen LogP contribution in [-0.4, -0.2) is 23.2 Å². The molecule has 0 spiro atoms. The van der Waals surface area contributed by atoms with Gasteiger partial charge in [0.15, 0.2) is 5.76 Å². The molecule has 7 heteroatoms. The second-order valence-corrected chi connectivity index (χ2v) is 7.64. The van der Waals surface area contributed by atoms with Crippen molar-refractivity contribution in [2.75, 3.05) is 12.4 Å². The van der Waals surface area contributed by atoms with Crippen molar-refractivity contribution in [3.63, 3.8) is 0 Å². The minimum Gasteiger partial charge on any atom is -0.481 e. The molecule has 31 heavy (non-hydrogen) atoms. The van der Waals surface area contributed by atoms with Crippen LogP contribution < -0.4 is 10.1 Å². The molecule has 1 aliphatic carbocycles. The van der Waals surface area contributed by atoms with Crippen molar-refractivity contribution in [3.8, 4) is 28.5 Å². The fourth-order valence-corrected chi connectivity index (χ4v) is 4.03. The summed E-state index contributed by atoms with van der Waals surface area (Å²) in [6, 6.07) is 18.8. The standard InChI is InChI=1S/C24H18ClN3O3/c1-30-21-13-16(12-20(25)27-21)24(29)26-17-9-6-15(7-10-17)23-19-11-8-14-4-2-3-5-18(14)22(19)28-31-23/h2-7,9-10,12-13H,8,11H2,1H3,(H,26,29). The van der Waals surface area contributed by atoms with E-state index in [1.54, 1.807) is 0 Å². The third-order valence-corrected chi connectivity index (χ3v) is 5.55. The smallest absolute Gasteiger partial charge is 0.255 e. The van der Waals surface area contributed by atoms with E-state index in [1.165, 1.54) is 24.8 Å². The monoisotopic (exact) mass is 431 g/mol. The van der Waals surface area contributed by atoms with Gasteiger partial charge in [0.05, 0.1) is 7.11 Å². The van der Waals surface area contributed by atoms with Crippen LogP contribution in [0.3, 0.4) is 0 Å². The van der Waals surface area contributed by atoms with Crippen molar-refractivity contribution in [1.82, 2.24) is 10.1 Å². The highest BCUT2D eigenvalue weighted by Gasteiger charge is 2.24. The second-order valence-electron chi connectivity index (χ2n) is 7.25. The Morgan fingerprint density at radius 2 is 1.90 bits per heavy atom. The Labute approximate surface area is 183 Å². The average molecular weight is 432 g/mol. The Kier molecular flexibility index (Phi) is 4.92. The number of hydrogen-bond acceptors (Lipinski definition) is 5. The van der Waals surface area contributed by atoms with Crippen LogP contribution in [0.15, 0.2) is 65.2 Å². The lowest BCUT2D eigenvalue weighted by Crippen LogP contribution is -2.12. The number of hydrogen-bond donors (Lipinski definition) is 1. The van der Waals surface area contributed by atoms with Crippen molar-refractivity contribution in [2.45, 2.75) is 12.8 Å². The number of halogens is 1. The Morgan fingerprint density at radius 1 is 1.10 bits per heavy atom.